The first-order valence-electron chi connectivity index (χ1n) is 9.21. The van der Waals surface area contributed by atoms with Crippen molar-refractivity contribution < 1.29 is 8.42 Å². The van der Waals surface area contributed by atoms with Crippen molar-refractivity contribution in [1.82, 2.24) is 14.5 Å². The van der Waals surface area contributed by atoms with Crippen LogP contribution in [0, 0.1) is 11.8 Å². The Morgan fingerprint density at radius 1 is 1.30 bits per heavy atom. The standard InChI is InChI=1S/C19H32N4O2S.HI/c1-15(2)12-17-10-11-23(14-17)19(20-3)21-13-16-6-8-18(9-7-16)26(24,25)22(4)5;/h6-9,15,17H,10-14H2,1-5H3,(H,20,21);1H. The number of rotatable bonds is 6. The molecule has 1 N–H and O–H groups in total. The summed E-state index contributed by atoms with van der Waals surface area (Å²) in [5, 5.41) is 3.40. The zero-order valence-corrected chi connectivity index (χ0v) is 20.1. The molecular formula is C19H33IN4O2S. The van der Waals surface area contributed by atoms with Gasteiger partial charge in [-0.2, -0.15) is 0 Å². The van der Waals surface area contributed by atoms with Crippen molar-refractivity contribution >= 4 is 40.0 Å². The maximum atomic E-state index is 12.1. The largest absolute Gasteiger partial charge is 0.352 e. The lowest BCUT2D eigenvalue weighted by molar-refractivity contribution is 0.403. The number of guanidine groups is 1. The van der Waals surface area contributed by atoms with Gasteiger partial charge in [0.05, 0.1) is 4.90 Å². The molecule has 154 valence electrons. The van der Waals surface area contributed by atoms with Gasteiger partial charge < -0.3 is 10.2 Å². The van der Waals surface area contributed by atoms with E-state index in [2.05, 4.69) is 29.1 Å². The molecule has 27 heavy (non-hydrogen) atoms. The summed E-state index contributed by atoms with van der Waals surface area (Å²) in [7, 11) is 1.51. The molecule has 0 spiro atoms. The van der Waals surface area contributed by atoms with E-state index in [0.29, 0.717) is 11.4 Å². The van der Waals surface area contributed by atoms with Gasteiger partial charge in [-0.25, -0.2) is 12.7 Å². The molecule has 8 heteroatoms. The first kappa shape index (κ1) is 24.2. The Bertz CT molecular complexity index is 718. The lowest BCUT2D eigenvalue weighted by Gasteiger charge is -2.22. The highest BCUT2D eigenvalue weighted by Gasteiger charge is 2.25. The van der Waals surface area contributed by atoms with Crippen molar-refractivity contribution in [1.29, 1.82) is 0 Å². The van der Waals surface area contributed by atoms with Gasteiger partial charge in [-0.05, 0) is 42.4 Å². The topological polar surface area (TPSA) is 65.0 Å². The smallest absolute Gasteiger partial charge is 0.242 e. The van der Waals surface area contributed by atoms with E-state index in [-0.39, 0.29) is 24.0 Å². The summed E-state index contributed by atoms with van der Waals surface area (Å²) in [5.41, 5.74) is 1.03. The van der Waals surface area contributed by atoms with Gasteiger partial charge in [-0.1, -0.05) is 26.0 Å². The Kier molecular flexibility index (Phi) is 9.50. The van der Waals surface area contributed by atoms with Gasteiger partial charge in [0.15, 0.2) is 5.96 Å². The molecule has 0 saturated carbocycles. The van der Waals surface area contributed by atoms with Crippen LogP contribution in [0.3, 0.4) is 0 Å². The normalized spacial score (nSPS) is 18.1. The second-order valence-corrected chi connectivity index (χ2v) is 9.71. The monoisotopic (exact) mass is 508 g/mol. The summed E-state index contributed by atoms with van der Waals surface area (Å²) in [4.78, 5) is 7.04. The molecule has 0 bridgehead atoms. The fourth-order valence-electron chi connectivity index (χ4n) is 3.39. The predicted octanol–water partition coefficient (Wildman–Crippen LogP) is 3.00. The third kappa shape index (κ3) is 6.60. The molecule has 2 rings (SSSR count). The minimum atomic E-state index is -3.38. The van der Waals surface area contributed by atoms with Crippen molar-refractivity contribution in [2.45, 2.75) is 38.1 Å². The summed E-state index contributed by atoms with van der Waals surface area (Å²) < 4.78 is 25.5. The number of hydrogen-bond donors (Lipinski definition) is 1. The number of aliphatic imine (C=N–C) groups is 1. The molecule has 0 aliphatic carbocycles. The van der Waals surface area contributed by atoms with E-state index in [1.165, 1.54) is 31.2 Å². The Hall–Kier alpha value is -0.870. The molecule has 1 aliphatic rings. The molecule has 1 unspecified atom stereocenters. The van der Waals surface area contributed by atoms with Crippen LogP contribution in [-0.2, 0) is 16.6 Å². The summed E-state index contributed by atoms with van der Waals surface area (Å²) in [6.07, 6.45) is 2.48. The molecule has 1 aromatic rings. The van der Waals surface area contributed by atoms with Gasteiger partial charge in [0.1, 0.15) is 0 Å². The number of likely N-dealkylation sites (tertiary alicyclic amines) is 1. The Morgan fingerprint density at radius 3 is 2.44 bits per heavy atom. The van der Waals surface area contributed by atoms with Gasteiger partial charge in [0, 0.05) is 40.8 Å². The minimum Gasteiger partial charge on any atom is -0.352 e. The Morgan fingerprint density at radius 2 is 1.93 bits per heavy atom. The Labute approximate surface area is 181 Å². The summed E-state index contributed by atoms with van der Waals surface area (Å²) in [5.74, 6) is 2.39. The first-order valence-corrected chi connectivity index (χ1v) is 10.6. The molecule has 6 nitrogen and oxygen atoms in total. The van der Waals surface area contributed by atoms with Gasteiger partial charge in [0.25, 0.3) is 0 Å². The molecule has 1 heterocycles. The third-order valence-corrected chi connectivity index (χ3v) is 6.58. The number of sulfonamides is 1. The number of hydrogen-bond acceptors (Lipinski definition) is 3. The van der Waals surface area contributed by atoms with Gasteiger partial charge in [-0.15, -0.1) is 24.0 Å². The molecule has 1 saturated heterocycles. The maximum Gasteiger partial charge on any atom is 0.242 e. The average Bonchev–Trinajstić information content (AvgIpc) is 3.03. The zero-order chi connectivity index (χ0) is 19.3. The Balaban J connectivity index is 0.00000364. The van der Waals surface area contributed by atoms with E-state index in [4.69, 9.17) is 0 Å². The number of nitrogens with zero attached hydrogens (tertiary/aromatic N) is 3. The first-order chi connectivity index (χ1) is 12.2. The zero-order valence-electron chi connectivity index (χ0n) is 17.0. The molecule has 0 amide bonds. The van der Waals surface area contributed by atoms with Crippen LogP contribution in [0.4, 0.5) is 0 Å². The summed E-state index contributed by atoms with van der Waals surface area (Å²) >= 11 is 0. The highest BCUT2D eigenvalue weighted by Crippen LogP contribution is 2.23. The van der Waals surface area contributed by atoms with Gasteiger partial charge in [0.2, 0.25) is 10.0 Å². The van der Waals surface area contributed by atoms with Crippen LogP contribution in [0.1, 0.15) is 32.3 Å². The van der Waals surface area contributed by atoms with E-state index in [9.17, 15) is 8.42 Å². The van der Waals surface area contributed by atoms with Crippen LogP contribution in [0.5, 0.6) is 0 Å². The number of nitrogens with one attached hydrogen (secondary N) is 1. The van der Waals surface area contributed by atoms with Gasteiger partial charge >= 0.3 is 0 Å². The summed E-state index contributed by atoms with van der Waals surface area (Å²) in [6.45, 7) is 7.26. The molecular weight excluding hydrogens is 475 g/mol. The van der Waals surface area contributed by atoms with Crippen LogP contribution in [0.25, 0.3) is 0 Å². The molecule has 1 atom stereocenters. The minimum absolute atomic E-state index is 0. The van der Waals surface area contributed by atoms with Crippen molar-refractivity contribution in [2.24, 2.45) is 16.8 Å². The van der Waals surface area contributed by atoms with Crippen molar-refractivity contribution in [3.05, 3.63) is 29.8 Å². The van der Waals surface area contributed by atoms with Crippen molar-refractivity contribution in [3.8, 4) is 0 Å². The van der Waals surface area contributed by atoms with Crippen LogP contribution in [0.15, 0.2) is 34.2 Å². The fourth-order valence-corrected chi connectivity index (χ4v) is 4.29. The van der Waals surface area contributed by atoms with Crippen LogP contribution < -0.4 is 5.32 Å². The third-order valence-electron chi connectivity index (χ3n) is 4.75. The highest BCUT2D eigenvalue weighted by atomic mass is 127. The fraction of sp³-hybridized carbons (Fsp3) is 0.632. The quantitative estimate of drug-likeness (QED) is 0.365. The number of benzene rings is 1. The molecule has 0 aromatic heterocycles. The number of halogens is 1. The second-order valence-electron chi connectivity index (χ2n) is 7.56. The van der Waals surface area contributed by atoms with Crippen LogP contribution in [-0.4, -0.2) is 57.8 Å². The molecule has 1 fully saturated rings. The predicted molar refractivity (Wildman–Crippen MR) is 122 cm³/mol. The molecule has 1 aromatic carbocycles. The van der Waals surface area contributed by atoms with E-state index >= 15 is 0 Å². The lowest BCUT2D eigenvalue weighted by atomic mass is 9.97. The van der Waals surface area contributed by atoms with E-state index in [1.807, 2.05) is 19.2 Å². The molecule has 0 radical (unpaired) electrons. The molecule has 1 aliphatic heterocycles. The highest BCUT2D eigenvalue weighted by molar-refractivity contribution is 14.0. The van der Waals surface area contributed by atoms with Crippen LogP contribution >= 0.6 is 24.0 Å². The lowest BCUT2D eigenvalue weighted by Crippen LogP contribution is -2.39. The SMILES string of the molecule is CN=C(NCc1ccc(S(=O)(=O)N(C)C)cc1)N1CCC(CC(C)C)C1.I. The maximum absolute atomic E-state index is 12.1. The van der Waals surface area contributed by atoms with Crippen molar-refractivity contribution in [2.75, 3.05) is 34.2 Å². The van der Waals surface area contributed by atoms with E-state index < -0.39 is 10.0 Å². The summed E-state index contributed by atoms with van der Waals surface area (Å²) in [6, 6.07) is 7.01. The average molecular weight is 508 g/mol. The van der Waals surface area contributed by atoms with Crippen LogP contribution in [0.2, 0.25) is 0 Å². The van der Waals surface area contributed by atoms with Gasteiger partial charge in [-0.3, -0.25) is 4.99 Å². The van der Waals surface area contributed by atoms with E-state index in [0.717, 1.165) is 36.4 Å². The van der Waals surface area contributed by atoms with Crippen molar-refractivity contribution in [3.63, 3.8) is 0 Å². The second kappa shape index (κ2) is 10.6. The van der Waals surface area contributed by atoms with E-state index in [1.54, 1.807) is 12.1 Å².